The molecule has 28 heavy (non-hydrogen) atoms. The summed E-state index contributed by atoms with van der Waals surface area (Å²) in [4.78, 5) is 27.1. The van der Waals surface area contributed by atoms with Crippen molar-refractivity contribution in [2.24, 2.45) is 5.73 Å². The summed E-state index contributed by atoms with van der Waals surface area (Å²) in [5.41, 5.74) is 14.3. The Hall–Kier alpha value is -3.48. The molecule has 0 bridgehead atoms. The molecule has 0 spiro atoms. The number of fused-ring (bicyclic) bond motifs is 3. The van der Waals surface area contributed by atoms with Crippen molar-refractivity contribution < 1.29 is 19.1 Å². The van der Waals surface area contributed by atoms with E-state index in [4.69, 9.17) is 20.9 Å². The topological polar surface area (TPSA) is 108 Å². The molecule has 7 nitrogen and oxygen atoms in total. The van der Waals surface area contributed by atoms with Crippen molar-refractivity contribution >= 4 is 17.5 Å². The summed E-state index contributed by atoms with van der Waals surface area (Å²) in [6, 6.07) is 12.4. The van der Waals surface area contributed by atoms with E-state index in [0.29, 0.717) is 29.4 Å². The molecule has 0 aliphatic carbocycles. The molecule has 2 aliphatic heterocycles. The number of nitrogens with zero attached hydrogens (tertiary/aromatic N) is 1. The summed E-state index contributed by atoms with van der Waals surface area (Å²) in [6.45, 7) is 2.58. The van der Waals surface area contributed by atoms with Crippen LogP contribution in [0.3, 0.4) is 0 Å². The van der Waals surface area contributed by atoms with Crippen LogP contribution in [0.25, 0.3) is 0 Å². The molecule has 0 aromatic heterocycles. The van der Waals surface area contributed by atoms with E-state index in [2.05, 4.69) is 0 Å². The SMILES string of the molecule is CCOc1ccc2c(c1)OC(N)=C1C(=O)N(Cc3ccc(N)cc3)C(=O)CC12. The standard InChI is InChI=1S/C21H21N3O4/c1-2-27-14-7-8-15-16-10-18(25)24(11-12-3-5-13(22)6-4-12)21(26)19(16)20(23)28-17(15)9-14/h3-9,16H,2,10-11,22-23H2,1H3. The monoisotopic (exact) mass is 379 g/mol. The van der Waals surface area contributed by atoms with Gasteiger partial charge in [0.05, 0.1) is 18.7 Å². The lowest BCUT2D eigenvalue weighted by Gasteiger charge is -2.36. The van der Waals surface area contributed by atoms with E-state index in [1.54, 1.807) is 36.4 Å². The first kappa shape index (κ1) is 17.9. The van der Waals surface area contributed by atoms with Gasteiger partial charge in [0.15, 0.2) is 5.88 Å². The third-order valence-electron chi connectivity index (χ3n) is 4.98. The first-order valence-corrected chi connectivity index (χ1v) is 9.11. The number of ether oxygens (including phenoxy) is 2. The number of amides is 2. The molecule has 1 fully saturated rings. The number of benzene rings is 2. The van der Waals surface area contributed by atoms with Crippen LogP contribution in [-0.2, 0) is 16.1 Å². The molecule has 0 radical (unpaired) electrons. The first-order valence-electron chi connectivity index (χ1n) is 9.11. The van der Waals surface area contributed by atoms with Crippen LogP contribution in [0.4, 0.5) is 5.69 Å². The molecule has 0 saturated carbocycles. The molecule has 1 atom stereocenters. The van der Waals surface area contributed by atoms with Crippen LogP contribution in [0.5, 0.6) is 11.5 Å². The molecule has 4 rings (SSSR count). The quantitative estimate of drug-likeness (QED) is 0.623. The molecule has 2 aromatic carbocycles. The Labute approximate surface area is 162 Å². The van der Waals surface area contributed by atoms with Gasteiger partial charge in [-0.2, -0.15) is 0 Å². The van der Waals surface area contributed by atoms with Crippen LogP contribution in [0.2, 0.25) is 0 Å². The highest BCUT2D eigenvalue weighted by Gasteiger charge is 2.43. The Kier molecular flexibility index (Phi) is 4.43. The molecule has 2 heterocycles. The fraction of sp³-hybridized carbons (Fsp3) is 0.238. The van der Waals surface area contributed by atoms with Gasteiger partial charge in [-0.15, -0.1) is 0 Å². The number of carbonyl (C=O) groups is 2. The fourth-order valence-corrected chi connectivity index (χ4v) is 3.62. The van der Waals surface area contributed by atoms with Crippen LogP contribution in [0.1, 0.15) is 30.4 Å². The summed E-state index contributed by atoms with van der Waals surface area (Å²) in [5.74, 6) is 0.119. The Morgan fingerprint density at radius 1 is 1.14 bits per heavy atom. The number of carbonyl (C=O) groups excluding carboxylic acids is 2. The summed E-state index contributed by atoms with van der Waals surface area (Å²) in [5, 5.41) is 0. The third-order valence-corrected chi connectivity index (χ3v) is 4.98. The lowest BCUT2D eigenvalue weighted by molar-refractivity contribution is -0.146. The number of anilines is 1. The van der Waals surface area contributed by atoms with Gasteiger partial charge in [0, 0.05) is 29.7 Å². The highest BCUT2D eigenvalue weighted by Crippen LogP contribution is 2.44. The van der Waals surface area contributed by atoms with E-state index in [0.717, 1.165) is 11.1 Å². The number of piperidine rings is 1. The Morgan fingerprint density at radius 3 is 2.61 bits per heavy atom. The average Bonchev–Trinajstić information content (AvgIpc) is 2.66. The number of rotatable bonds is 4. The minimum absolute atomic E-state index is 0.0333. The molecule has 2 aromatic rings. The lowest BCUT2D eigenvalue weighted by atomic mass is 9.82. The Balaban J connectivity index is 1.65. The summed E-state index contributed by atoms with van der Waals surface area (Å²) < 4.78 is 11.2. The maximum Gasteiger partial charge on any atom is 0.262 e. The molecule has 2 aliphatic rings. The largest absolute Gasteiger partial charge is 0.494 e. The second-order valence-corrected chi connectivity index (χ2v) is 6.80. The van der Waals surface area contributed by atoms with Crippen molar-refractivity contribution in [1.82, 2.24) is 4.90 Å². The van der Waals surface area contributed by atoms with Crippen LogP contribution in [0, 0.1) is 0 Å². The van der Waals surface area contributed by atoms with Gasteiger partial charge >= 0.3 is 0 Å². The Morgan fingerprint density at radius 2 is 1.89 bits per heavy atom. The van der Waals surface area contributed by atoms with Gasteiger partial charge in [-0.25, -0.2) is 0 Å². The van der Waals surface area contributed by atoms with Crippen LogP contribution >= 0.6 is 0 Å². The molecule has 7 heteroatoms. The second-order valence-electron chi connectivity index (χ2n) is 6.80. The van der Waals surface area contributed by atoms with Gasteiger partial charge in [-0.1, -0.05) is 18.2 Å². The minimum Gasteiger partial charge on any atom is -0.494 e. The number of hydrogen-bond donors (Lipinski definition) is 2. The van der Waals surface area contributed by atoms with Gasteiger partial charge in [-0.3, -0.25) is 14.5 Å². The third kappa shape index (κ3) is 3.05. The maximum absolute atomic E-state index is 13.1. The maximum atomic E-state index is 13.1. The smallest absolute Gasteiger partial charge is 0.262 e. The van der Waals surface area contributed by atoms with Crippen molar-refractivity contribution in [3.8, 4) is 11.5 Å². The van der Waals surface area contributed by atoms with Gasteiger partial charge in [0.1, 0.15) is 11.5 Å². The summed E-state index contributed by atoms with van der Waals surface area (Å²) in [7, 11) is 0. The van der Waals surface area contributed by atoms with Crippen molar-refractivity contribution in [3.05, 3.63) is 65.0 Å². The zero-order valence-corrected chi connectivity index (χ0v) is 15.5. The molecule has 1 unspecified atom stereocenters. The number of imide groups is 1. The van der Waals surface area contributed by atoms with Crippen LogP contribution in [0.15, 0.2) is 53.9 Å². The van der Waals surface area contributed by atoms with E-state index in [1.807, 2.05) is 13.0 Å². The van der Waals surface area contributed by atoms with Crippen LogP contribution in [-0.4, -0.2) is 23.3 Å². The molecule has 1 saturated heterocycles. The van der Waals surface area contributed by atoms with E-state index < -0.39 is 11.8 Å². The molecular weight excluding hydrogens is 358 g/mol. The van der Waals surface area contributed by atoms with E-state index in [-0.39, 0.29) is 24.8 Å². The zero-order chi connectivity index (χ0) is 19.8. The number of nitrogens with two attached hydrogens (primary N) is 2. The molecule has 4 N–H and O–H groups in total. The van der Waals surface area contributed by atoms with E-state index in [1.165, 1.54) is 4.90 Å². The minimum atomic E-state index is -0.421. The van der Waals surface area contributed by atoms with Gasteiger partial charge in [-0.05, 0) is 30.7 Å². The molecule has 2 amide bonds. The Bertz CT molecular complexity index is 982. The van der Waals surface area contributed by atoms with Crippen molar-refractivity contribution in [3.63, 3.8) is 0 Å². The van der Waals surface area contributed by atoms with Gasteiger partial charge in [0.2, 0.25) is 5.91 Å². The van der Waals surface area contributed by atoms with Crippen LogP contribution < -0.4 is 20.9 Å². The summed E-state index contributed by atoms with van der Waals surface area (Å²) in [6.07, 6.45) is 0.154. The van der Waals surface area contributed by atoms with Crippen molar-refractivity contribution in [2.75, 3.05) is 12.3 Å². The highest BCUT2D eigenvalue weighted by molar-refractivity contribution is 6.09. The fourth-order valence-electron chi connectivity index (χ4n) is 3.62. The van der Waals surface area contributed by atoms with E-state index >= 15 is 0 Å². The number of nitrogen functional groups attached to an aromatic ring is 1. The normalized spacial score (nSPS) is 18.5. The lowest BCUT2D eigenvalue weighted by Crippen LogP contribution is -2.46. The van der Waals surface area contributed by atoms with Crippen molar-refractivity contribution in [1.29, 1.82) is 0 Å². The van der Waals surface area contributed by atoms with Gasteiger partial charge < -0.3 is 20.9 Å². The zero-order valence-electron chi connectivity index (χ0n) is 15.5. The predicted octanol–water partition coefficient (Wildman–Crippen LogP) is 2.27. The number of hydrogen-bond acceptors (Lipinski definition) is 6. The number of likely N-dealkylation sites (tertiary alicyclic amines) is 1. The highest BCUT2D eigenvalue weighted by atomic mass is 16.5. The van der Waals surface area contributed by atoms with Gasteiger partial charge in [0.25, 0.3) is 5.91 Å². The first-order chi connectivity index (χ1) is 13.5. The molecular formula is C21H21N3O4. The predicted molar refractivity (Wildman–Crippen MR) is 103 cm³/mol. The van der Waals surface area contributed by atoms with Crippen molar-refractivity contribution in [2.45, 2.75) is 25.8 Å². The van der Waals surface area contributed by atoms with E-state index in [9.17, 15) is 9.59 Å². The summed E-state index contributed by atoms with van der Waals surface area (Å²) >= 11 is 0. The second kappa shape index (κ2) is 6.92. The average molecular weight is 379 g/mol. The molecule has 144 valence electrons.